The van der Waals surface area contributed by atoms with E-state index in [4.69, 9.17) is 9.47 Å². The Labute approximate surface area is 394 Å². The van der Waals surface area contributed by atoms with Crippen LogP contribution in [-0.2, 0) is 19.1 Å². The van der Waals surface area contributed by atoms with Gasteiger partial charge in [-0.1, -0.05) is 282 Å². The average molecular weight is 888 g/mol. The summed E-state index contributed by atoms with van der Waals surface area (Å²) in [7, 11) is 0. The Morgan fingerprint density at radius 3 is 0.937 bits per heavy atom. The smallest absolute Gasteiger partial charge is 0.306 e. The topological polar surface area (TPSA) is 72.8 Å². The summed E-state index contributed by atoms with van der Waals surface area (Å²) in [6.45, 7) is 4.18. The van der Waals surface area contributed by atoms with E-state index in [2.05, 4.69) is 38.2 Å². The molecular weight excluding hydrogens is 777 g/mol. The molecule has 1 unspecified atom stereocenters. The van der Waals surface area contributed by atoms with E-state index in [1.807, 2.05) is 0 Å². The van der Waals surface area contributed by atoms with Crippen molar-refractivity contribution in [3.8, 4) is 0 Å². The van der Waals surface area contributed by atoms with Gasteiger partial charge in [0.2, 0.25) is 0 Å². The zero-order valence-corrected chi connectivity index (χ0v) is 42.6. The van der Waals surface area contributed by atoms with Gasteiger partial charge in [-0.2, -0.15) is 0 Å². The van der Waals surface area contributed by atoms with Gasteiger partial charge in [0.15, 0.2) is 6.10 Å². The number of rotatable bonds is 53. The van der Waals surface area contributed by atoms with Crippen molar-refractivity contribution in [3.63, 3.8) is 0 Å². The summed E-state index contributed by atoms with van der Waals surface area (Å²) in [5, 5.41) is 9.65. The maximum atomic E-state index is 12.3. The monoisotopic (exact) mass is 887 g/mol. The summed E-state index contributed by atoms with van der Waals surface area (Å²) in [6, 6.07) is 0. The zero-order valence-electron chi connectivity index (χ0n) is 42.6. The predicted molar refractivity (Wildman–Crippen MR) is 275 cm³/mol. The number of unbranched alkanes of at least 4 members (excludes halogenated alkanes) is 41. The number of allylic oxidation sites excluding steroid dienone is 4. The first-order valence-corrected chi connectivity index (χ1v) is 28.4. The van der Waals surface area contributed by atoms with E-state index in [-0.39, 0.29) is 25.2 Å². The lowest BCUT2D eigenvalue weighted by Crippen LogP contribution is -2.28. The number of esters is 2. The van der Waals surface area contributed by atoms with E-state index < -0.39 is 6.10 Å². The summed E-state index contributed by atoms with van der Waals surface area (Å²) in [6.07, 6.45) is 68.7. The van der Waals surface area contributed by atoms with Crippen LogP contribution in [0.2, 0.25) is 0 Å². The normalized spacial score (nSPS) is 12.2. The molecule has 1 atom stereocenters. The summed E-state index contributed by atoms with van der Waals surface area (Å²) in [5.41, 5.74) is 0. The summed E-state index contributed by atoms with van der Waals surface area (Å²) >= 11 is 0. The highest BCUT2D eigenvalue weighted by Crippen LogP contribution is 2.17. The van der Waals surface area contributed by atoms with Gasteiger partial charge in [0.05, 0.1) is 6.61 Å². The van der Waals surface area contributed by atoms with Crippen LogP contribution < -0.4 is 0 Å². The van der Waals surface area contributed by atoms with Gasteiger partial charge in [-0.05, 0) is 44.9 Å². The Kier molecular flexibility index (Phi) is 53.3. The Hall–Kier alpha value is -1.62. The van der Waals surface area contributed by atoms with E-state index in [0.717, 1.165) is 38.5 Å². The van der Waals surface area contributed by atoms with Crippen LogP contribution in [0.4, 0.5) is 0 Å². The van der Waals surface area contributed by atoms with Gasteiger partial charge >= 0.3 is 11.9 Å². The fraction of sp³-hybridized carbons (Fsp3) is 0.897. The van der Waals surface area contributed by atoms with Gasteiger partial charge in [0, 0.05) is 12.8 Å². The van der Waals surface area contributed by atoms with E-state index in [1.54, 1.807) is 0 Å². The second-order valence-electron chi connectivity index (χ2n) is 19.4. The molecule has 0 fully saturated rings. The zero-order chi connectivity index (χ0) is 45.6. The molecule has 5 nitrogen and oxygen atoms in total. The highest BCUT2D eigenvalue weighted by atomic mass is 16.6. The van der Waals surface area contributed by atoms with Crippen molar-refractivity contribution >= 4 is 11.9 Å². The van der Waals surface area contributed by atoms with Crippen LogP contribution in [0.25, 0.3) is 0 Å². The summed E-state index contributed by atoms with van der Waals surface area (Å²) < 4.78 is 10.7. The summed E-state index contributed by atoms with van der Waals surface area (Å²) in [4.78, 5) is 24.5. The molecule has 0 heterocycles. The van der Waals surface area contributed by atoms with Gasteiger partial charge in [-0.3, -0.25) is 9.59 Å². The fourth-order valence-corrected chi connectivity index (χ4v) is 8.71. The number of hydrogen-bond donors (Lipinski definition) is 1. The maximum absolute atomic E-state index is 12.3. The van der Waals surface area contributed by atoms with Crippen LogP contribution >= 0.6 is 0 Å². The molecule has 0 rings (SSSR count). The van der Waals surface area contributed by atoms with Crippen molar-refractivity contribution in [2.75, 3.05) is 13.2 Å². The van der Waals surface area contributed by atoms with Crippen LogP contribution in [0, 0.1) is 0 Å². The SMILES string of the molecule is CCCCCCC/C=C\C/C=C\CCCCCCCCCCCCCCCCCCCC(=O)OC(CO)COC(=O)CCCCCCCCCCCCCCCCCCCCCC. The maximum Gasteiger partial charge on any atom is 0.306 e. The highest BCUT2D eigenvalue weighted by Gasteiger charge is 2.16. The Balaban J connectivity index is 3.42. The molecule has 0 aliphatic rings. The molecule has 0 aliphatic carbocycles. The van der Waals surface area contributed by atoms with Gasteiger partial charge in [0.25, 0.3) is 0 Å². The molecular formula is C58H110O5. The molecule has 5 heteroatoms. The van der Waals surface area contributed by atoms with Crippen LogP contribution in [0.3, 0.4) is 0 Å². The molecule has 63 heavy (non-hydrogen) atoms. The number of carbonyl (C=O) groups excluding carboxylic acids is 2. The molecule has 0 saturated carbocycles. The van der Waals surface area contributed by atoms with Crippen LogP contribution in [-0.4, -0.2) is 36.4 Å². The quantitative estimate of drug-likeness (QED) is 0.0374. The molecule has 0 spiro atoms. The molecule has 0 bridgehead atoms. The molecule has 0 aliphatic heterocycles. The third-order valence-electron chi connectivity index (χ3n) is 13.0. The number of aliphatic hydroxyl groups is 1. The first-order chi connectivity index (χ1) is 31.1. The van der Waals surface area contributed by atoms with Gasteiger partial charge in [-0.15, -0.1) is 0 Å². The lowest BCUT2D eigenvalue weighted by Gasteiger charge is -2.15. The number of aliphatic hydroxyl groups excluding tert-OH is 1. The molecule has 372 valence electrons. The van der Waals surface area contributed by atoms with Crippen LogP contribution in [0.1, 0.15) is 316 Å². The first-order valence-electron chi connectivity index (χ1n) is 28.4. The van der Waals surface area contributed by atoms with Crippen LogP contribution in [0.15, 0.2) is 24.3 Å². The second-order valence-corrected chi connectivity index (χ2v) is 19.4. The first kappa shape index (κ1) is 61.4. The van der Waals surface area contributed by atoms with Crippen molar-refractivity contribution in [1.82, 2.24) is 0 Å². The van der Waals surface area contributed by atoms with Gasteiger partial charge in [0.1, 0.15) is 6.61 Å². The minimum Gasteiger partial charge on any atom is -0.462 e. The third-order valence-corrected chi connectivity index (χ3v) is 13.0. The molecule has 0 aromatic carbocycles. The molecule has 0 aromatic heterocycles. The van der Waals surface area contributed by atoms with Crippen molar-refractivity contribution < 1.29 is 24.2 Å². The Morgan fingerprint density at radius 1 is 0.365 bits per heavy atom. The van der Waals surface area contributed by atoms with Gasteiger partial charge < -0.3 is 14.6 Å². The van der Waals surface area contributed by atoms with E-state index >= 15 is 0 Å². The number of hydrogen-bond acceptors (Lipinski definition) is 5. The van der Waals surface area contributed by atoms with Crippen molar-refractivity contribution in [2.24, 2.45) is 0 Å². The lowest BCUT2D eigenvalue weighted by molar-refractivity contribution is -0.161. The standard InChI is InChI=1S/C58H110O5/c1-3-5-7-9-11-13-15-17-19-21-23-25-26-27-28-29-30-31-32-33-35-37-39-41-43-45-47-49-51-53-58(61)63-56(54-59)55-62-57(60)52-50-48-46-44-42-40-38-36-34-24-22-20-18-16-14-12-10-8-6-4-2/h15,17,21,23,56,59H,3-14,16,18-20,22,24-55H2,1-2H3/b17-15-,23-21-. The Bertz CT molecular complexity index is 959. The largest absolute Gasteiger partial charge is 0.462 e. The van der Waals surface area contributed by atoms with E-state index in [1.165, 1.54) is 250 Å². The molecule has 0 amide bonds. The van der Waals surface area contributed by atoms with E-state index in [0.29, 0.717) is 12.8 Å². The molecule has 1 N–H and O–H groups in total. The van der Waals surface area contributed by atoms with Crippen molar-refractivity contribution in [1.29, 1.82) is 0 Å². The predicted octanol–water partition coefficient (Wildman–Crippen LogP) is 18.9. The van der Waals surface area contributed by atoms with Crippen LogP contribution in [0.5, 0.6) is 0 Å². The van der Waals surface area contributed by atoms with Crippen molar-refractivity contribution in [3.05, 3.63) is 24.3 Å². The fourth-order valence-electron chi connectivity index (χ4n) is 8.71. The Morgan fingerprint density at radius 2 is 0.635 bits per heavy atom. The minimum atomic E-state index is -0.767. The second kappa shape index (κ2) is 54.7. The molecule has 0 radical (unpaired) electrons. The van der Waals surface area contributed by atoms with Crippen molar-refractivity contribution in [2.45, 2.75) is 322 Å². The summed E-state index contributed by atoms with van der Waals surface area (Å²) in [5.74, 6) is -0.569. The van der Waals surface area contributed by atoms with E-state index in [9.17, 15) is 14.7 Å². The lowest BCUT2D eigenvalue weighted by atomic mass is 10.0. The number of carbonyl (C=O) groups is 2. The average Bonchev–Trinajstić information content (AvgIpc) is 3.29. The molecule has 0 aromatic rings. The minimum absolute atomic E-state index is 0.0587. The number of ether oxygens (including phenoxy) is 2. The van der Waals surface area contributed by atoms with Gasteiger partial charge in [-0.25, -0.2) is 0 Å². The third kappa shape index (κ3) is 52.9. The highest BCUT2D eigenvalue weighted by molar-refractivity contribution is 5.70. The molecule has 0 saturated heterocycles.